The Labute approximate surface area is 90.8 Å². The summed E-state index contributed by atoms with van der Waals surface area (Å²) in [5, 5.41) is -0.219. The number of carbonyl (C=O) groups excluding carboxylic acids is 2. The van der Waals surface area contributed by atoms with E-state index in [1.54, 1.807) is 6.92 Å². The molecule has 0 aliphatic rings. The molecule has 0 atom stereocenters. The molecule has 0 radical (unpaired) electrons. The summed E-state index contributed by atoms with van der Waals surface area (Å²) < 4.78 is 17.6. The van der Waals surface area contributed by atoms with Crippen molar-refractivity contribution < 1.29 is 18.7 Å². The molecule has 0 aromatic heterocycles. The molecular formula is C10H8ClFO3. The lowest BCUT2D eigenvalue weighted by Gasteiger charge is -2.05. The summed E-state index contributed by atoms with van der Waals surface area (Å²) in [7, 11) is 0. The predicted molar refractivity (Wildman–Crippen MR) is 52.8 cm³/mol. The molecule has 0 amide bonds. The maximum Gasteiger partial charge on any atom is 0.338 e. The van der Waals surface area contributed by atoms with Gasteiger partial charge >= 0.3 is 5.97 Å². The first kappa shape index (κ1) is 11.7. The van der Waals surface area contributed by atoms with Crippen LogP contribution in [-0.4, -0.2) is 18.9 Å². The lowest BCUT2D eigenvalue weighted by Crippen LogP contribution is -2.08. The molecule has 0 saturated carbocycles. The SMILES string of the molecule is CCOC(=O)c1cc(Cl)c(F)cc1C=O. The van der Waals surface area contributed by atoms with E-state index in [1.165, 1.54) is 0 Å². The van der Waals surface area contributed by atoms with Crippen molar-refractivity contribution in [3.8, 4) is 0 Å². The van der Waals surface area contributed by atoms with Crippen LogP contribution in [0.4, 0.5) is 4.39 Å². The molecule has 5 heteroatoms. The summed E-state index contributed by atoms with van der Waals surface area (Å²) in [6.07, 6.45) is 0.381. The topological polar surface area (TPSA) is 43.4 Å². The Kier molecular flexibility index (Phi) is 3.80. The first-order valence-corrected chi connectivity index (χ1v) is 4.59. The van der Waals surface area contributed by atoms with Crippen LogP contribution < -0.4 is 0 Å². The summed E-state index contributed by atoms with van der Waals surface area (Å²) in [6.45, 7) is 1.80. The molecule has 0 unspecified atom stereocenters. The standard InChI is InChI=1S/C10H8ClFO3/c1-2-15-10(14)7-4-8(11)9(12)3-6(7)5-13/h3-5H,2H2,1H3. The molecule has 0 heterocycles. The molecule has 15 heavy (non-hydrogen) atoms. The Morgan fingerprint density at radius 1 is 1.60 bits per heavy atom. The number of halogens is 2. The number of hydrogen-bond acceptors (Lipinski definition) is 3. The number of aldehydes is 1. The van der Waals surface area contributed by atoms with Gasteiger partial charge in [0, 0.05) is 5.56 Å². The minimum atomic E-state index is -0.744. The molecule has 1 aromatic carbocycles. The monoisotopic (exact) mass is 230 g/mol. The summed E-state index contributed by atoms with van der Waals surface area (Å²) in [5.74, 6) is -1.44. The van der Waals surface area contributed by atoms with Crippen LogP contribution in [0.15, 0.2) is 12.1 Å². The second-order valence-electron chi connectivity index (χ2n) is 2.69. The van der Waals surface area contributed by atoms with E-state index in [9.17, 15) is 14.0 Å². The predicted octanol–water partition coefficient (Wildman–Crippen LogP) is 2.47. The third-order valence-electron chi connectivity index (χ3n) is 1.71. The van der Waals surface area contributed by atoms with E-state index in [-0.39, 0.29) is 22.8 Å². The third kappa shape index (κ3) is 2.53. The Balaban J connectivity index is 3.21. The van der Waals surface area contributed by atoms with Crippen molar-refractivity contribution in [1.29, 1.82) is 0 Å². The van der Waals surface area contributed by atoms with Gasteiger partial charge in [0.25, 0.3) is 0 Å². The zero-order valence-corrected chi connectivity index (χ0v) is 8.68. The average Bonchev–Trinajstić information content (AvgIpc) is 2.21. The first-order valence-electron chi connectivity index (χ1n) is 4.21. The number of esters is 1. The van der Waals surface area contributed by atoms with Crippen LogP contribution in [0, 0.1) is 5.82 Å². The summed E-state index contributed by atoms with van der Waals surface area (Å²) in [6, 6.07) is 1.99. The molecule has 0 N–H and O–H groups in total. The van der Waals surface area contributed by atoms with Gasteiger partial charge in [-0.3, -0.25) is 4.79 Å². The van der Waals surface area contributed by atoms with E-state index >= 15 is 0 Å². The van der Waals surface area contributed by atoms with Gasteiger partial charge in [0.05, 0.1) is 17.2 Å². The van der Waals surface area contributed by atoms with Crippen LogP contribution >= 0.6 is 11.6 Å². The van der Waals surface area contributed by atoms with Gasteiger partial charge in [0.15, 0.2) is 6.29 Å². The molecule has 0 bridgehead atoms. The van der Waals surface area contributed by atoms with Crippen molar-refractivity contribution in [2.24, 2.45) is 0 Å². The molecule has 0 fully saturated rings. The number of ether oxygens (including phenoxy) is 1. The first-order chi connectivity index (χ1) is 7.10. The third-order valence-corrected chi connectivity index (χ3v) is 2.00. The van der Waals surface area contributed by atoms with Crippen LogP contribution in [0.3, 0.4) is 0 Å². The van der Waals surface area contributed by atoms with E-state index in [0.29, 0.717) is 6.29 Å². The molecule has 3 nitrogen and oxygen atoms in total. The summed E-state index contributed by atoms with van der Waals surface area (Å²) in [5.41, 5.74) is -0.103. The molecule has 1 rings (SSSR count). The highest BCUT2D eigenvalue weighted by molar-refractivity contribution is 6.31. The molecule has 80 valence electrons. The van der Waals surface area contributed by atoms with Gasteiger partial charge in [-0.15, -0.1) is 0 Å². The van der Waals surface area contributed by atoms with Crippen LogP contribution in [0.5, 0.6) is 0 Å². The Morgan fingerprint density at radius 2 is 2.27 bits per heavy atom. The van der Waals surface area contributed by atoms with Gasteiger partial charge in [0.2, 0.25) is 0 Å². The van der Waals surface area contributed by atoms with Crippen molar-refractivity contribution in [1.82, 2.24) is 0 Å². The Hall–Kier alpha value is -1.42. The van der Waals surface area contributed by atoms with Gasteiger partial charge in [0.1, 0.15) is 5.82 Å². The van der Waals surface area contributed by atoms with Crippen molar-refractivity contribution in [3.05, 3.63) is 34.1 Å². The fraction of sp³-hybridized carbons (Fsp3) is 0.200. The summed E-state index contributed by atoms with van der Waals surface area (Å²) in [4.78, 5) is 21.9. The number of hydrogen-bond donors (Lipinski definition) is 0. The van der Waals surface area contributed by atoms with Crippen molar-refractivity contribution in [2.45, 2.75) is 6.92 Å². The number of rotatable bonds is 3. The van der Waals surface area contributed by atoms with Gasteiger partial charge < -0.3 is 4.74 Å². The van der Waals surface area contributed by atoms with Crippen molar-refractivity contribution >= 4 is 23.9 Å². The minimum absolute atomic E-state index is 0.0294. The largest absolute Gasteiger partial charge is 0.462 e. The van der Waals surface area contributed by atoms with Crippen molar-refractivity contribution in [3.63, 3.8) is 0 Å². The van der Waals surface area contributed by atoms with Crippen LogP contribution in [0.1, 0.15) is 27.6 Å². The summed E-state index contributed by atoms with van der Waals surface area (Å²) >= 11 is 5.49. The quantitative estimate of drug-likeness (QED) is 0.592. The smallest absolute Gasteiger partial charge is 0.338 e. The van der Waals surface area contributed by atoms with Crippen LogP contribution in [0.2, 0.25) is 5.02 Å². The highest BCUT2D eigenvalue weighted by Gasteiger charge is 2.15. The molecule has 1 aromatic rings. The number of benzene rings is 1. The second-order valence-corrected chi connectivity index (χ2v) is 3.10. The fourth-order valence-corrected chi connectivity index (χ4v) is 1.21. The molecule has 0 aliphatic heterocycles. The average molecular weight is 231 g/mol. The lowest BCUT2D eigenvalue weighted by molar-refractivity contribution is 0.0524. The minimum Gasteiger partial charge on any atom is -0.462 e. The Bertz CT molecular complexity index is 404. The van der Waals surface area contributed by atoms with E-state index < -0.39 is 11.8 Å². The maximum absolute atomic E-state index is 13.0. The highest BCUT2D eigenvalue weighted by Crippen LogP contribution is 2.20. The van der Waals surface area contributed by atoms with Gasteiger partial charge in [-0.25, -0.2) is 9.18 Å². The molecule has 0 aliphatic carbocycles. The van der Waals surface area contributed by atoms with Gasteiger partial charge in [-0.1, -0.05) is 11.6 Å². The van der Waals surface area contributed by atoms with Gasteiger partial charge in [-0.05, 0) is 19.1 Å². The zero-order chi connectivity index (χ0) is 11.4. The van der Waals surface area contributed by atoms with E-state index in [4.69, 9.17) is 11.6 Å². The molecular weight excluding hydrogens is 223 g/mol. The zero-order valence-electron chi connectivity index (χ0n) is 7.92. The number of carbonyl (C=O) groups is 2. The van der Waals surface area contributed by atoms with Gasteiger partial charge in [-0.2, -0.15) is 0 Å². The maximum atomic E-state index is 13.0. The van der Waals surface area contributed by atoms with E-state index in [2.05, 4.69) is 4.74 Å². The van der Waals surface area contributed by atoms with E-state index in [0.717, 1.165) is 12.1 Å². The lowest BCUT2D eigenvalue weighted by atomic mass is 10.1. The normalized spacial score (nSPS) is 9.80. The molecule has 0 spiro atoms. The van der Waals surface area contributed by atoms with Crippen LogP contribution in [-0.2, 0) is 4.74 Å². The van der Waals surface area contributed by atoms with Crippen LogP contribution in [0.25, 0.3) is 0 Å². The fourth-order valence-electron chi connectivity index (χ4n) is 1.05. The Morgan fingerprint density at radius 3 is 2.80 bits per heavy atom. The second kappa shape index (κ2) is 4.89. The molecule has 0 saturated heterocycles. The van der Waals surface area contributed by atoms with Crippen molar-refractivity contribution in [2.75, 3.05) is 6.61 Å². The highest BCUT2D eigenvalue weighted by atomic mass is 35.5. The van der Waals surface area contributed by atoms with E-state index in [1.807, 2.05) is 0 Å².